The quantitative estimate of drug-likeness (QED) is 0.422. The summed E-state index contributed by atoms with van der Waals surface area (Å²) in [5.41, 5.74) is 0. The second kappa shape index (κ2) is 6.98. The van der Waals surface area contributed by atoms with Crippen LogP contribution in [0.1, 0.15) is 19.3 Å². The molecule has 0 saturated carbocycles. The molecule has 10 heavy (non-hydrogen) atoms. The molecule has 4 nitrogen and oxygen atoms in total. The molecule has 0 unspecified atom stereocenters. The fourth-order valence-electron chi connectivity index (χ4n) is 0.530. The molecule has 62 valence electrons. The molecule has 0 aliphatic rings. The van der Waals surface area contributed by atoms with Gasteiger partial charge >= 0.3 is 0 Å². The number of aliphatic hydroxyl groups is 1. The van der Waals surface area contributed by atoms with Crippen LogP contribution in [0, 0.1) is 0 Å². The summed E-state index contributed by atoms with van der Waals surface area (Å²) in [6, 6.07) is 0. The zero-order chi connectivity index (χ0) is 7.82. The minimum Gasteiger partial charge on any atom is -0.396 e. The summed E-state index contributed by atoms with van der Waals surface area (Å²) in [5, 5.41) is 8.31. The summed E-state index contributed by atoms with van der Waals surface area (Å²) < 4.78 is 23.9. The third-order valence-corrected chi connectivity index (χ3v) is 1.39. The predicted octanol–water partition coefficient (Wildman–Crippen LogP) is -0.308. The number of hydrogen-bond donors (Lipinski definition) is 2. The van der Waals surface area contributed by atoms with Gasteiger partial charge in [0.1, 0.15) is 0 Å². The van der Waals surface area contributed by atoms with Crippen LogP contribution in [0.2, 0.25) is 0 Å². The first kappa shape index (κ1) is 9.87. The number of unbranched alkanes of at least 4 members (excludes halogenated alkanes) is 2. The molecular formula is C5H12O4S. The number of rotatable bonds is 6. The summed E-state index contributed by atoms with van der Waals surface area (Å²) in [7, 11) is -2.68. The third-order valence-electron chi connectivity index (χ3n) is 0.999. The van der Waals surface area contributed by atoms with Crippen molar-refractivity contribution in [2.75, 3.05) is 13.2 Å². The molecule has 0 aromatic rings. The van der Waals surface area contributed by atoms with Crippen LogP contribution in [-0.2, 0) is 15.2 Å². The molecule has 0 rings (SSSR count). The first-order chi connectivity index (χ1) is 4.77. The summed E-state index contributed by atoms with van der Waals surface area (Å²) in [4.78, 5) is 0. The molecule has 0 heterocycles. The SMILES string of the molecule is O=[SH](=O)OCCCCCO. The summed E-state index contributed by atoms with van der Waals surface area (Å²) in [5.74, 6) is 0. The van der Waals surface area contributed by atoms with E-state index in [0.29, 0.717) is 12.8 Å². The highest BCUT2D eigenvalue weighted by Crippen LogP contribution is 1.93. The maximum atomic E-state index is 9.80. The normalized spacial score (nSPS) is 10.6. The van der Waals surface area contributed by atoms with Crippen LogP contribution in [0.5, 0.6) is 0 Å². The second-order valence-electron chi connectivity index (χ2n) is 1.84. The summed E-state index contributed by atoms with van der Waals surface area (Å²) >= 11 is 0. The zero-order valence-electron chi connectivity index (χ0n) is 5.65. The molecule has 0 amide bonds. The van der Waals surface area contributed by atoms with Crippen molar-refractivity contribution < 1.29 is 17.7 Å². The van der Waals surface area contributed by atoms with Gasteiger partial charge in [0.05, 0.1) is 6.61 Å². The average molecular weight is 168 g/mol. The highest BCUT2D eigenvalue weighted by atomic mass is 32.2. The lowest BCUT2D eigenvalue weighted by Gasteiger charge is -1.94. The minimum absolute atomic E-state index is 0.156. The van der Waals surface area contributed by atoms with E-state index in [-0.39, 0.29) is 13.2 Å². The van der Waals surface area contributed by atoms with E-state index in [1.807, 2.05) is 0 Å². The van der Waals surface area contributed by atoms with Crippen molar-refractivity contribution in [2.24, 2.45) is 0 Å². The van der Waals surface area contributed by atoms with E-state index in [9.17, 15) is 8.42 Å². The van der Waals surface area contributed by atoms with Gasteiger partial charge in [0.15, 0.2) is 0 Å². The molecule has 0 bridgehead atoms. The first-order valence-electron chi connectivity index (χ1n) is 3.15. The fourth-order valence-corrected chi connectivity index (χ4v) is 0.808. The Kier molecular flexibility index (Phi) is 6.89. The maximum Gasteiger partial charge on any atom is 0.257 e. The lowest BCUT2D eigenvalue weighted by Crippen LogP contribution is -1.93. The van der Waals surface area contributed by atoms with Crippen molar-refractivity contribution in [3.63, 3.8) is 0 Å². The van der Waals surface area contributed by atoms with Gasteiger partial charge in [-0.3, -0.25) is 4.18 Å². The first-order valence-corrected chi connectivity index (χ1v) is 4.25. The van der Waals surface area contributed by atoms with Gasteiger partial charge in [-0.2, -0.15) is 0 Å². The lowest BCUT2D eigenvalue weighted by molar-refractivity contribution is 0.270. The van der Waals surface area contributed by atoms with E-state index < -0.39 is 11.0 Å². The van der Waals surface area contributed by atoms with Gasteiger partial charge in [0.25, 0.3) is 11.0 Å². The standard InChI is InChI=1S/C5H12O4S/c6-4-2-1-3-5-9-10(7)8/h6,10H,1-5H2. The van der Waals surface area contributed by atoms with Gasteiger partial charge in [-0.15, -0.1) is 0 Å². The van der Waals surface area contributed by atoms with E-state index in [1.54, 1.807) is 0 Å². The zero-order valence-corrected chi connectivity index (χ0v) is 6.55. The van der Waals surface area contributed by atoms with Crippen molar-refractivity contribution >= 4 is 11.0 Å². The Morgan fingerprint density at radius 1 is 1.20 bits per heavy atom. The van der Waals surface area contributed by atoms with Gasteiger partial charge in [0.2, 0.25) is 0 Å². The van der Waals surface area contributed by atoms with Gasteiger partial charge in [-0.25, -0.2) is 8.42 Å². The topological polar surface area (TPSA) is 63.6 Å². The molecule has 0 aliphatic heterocycles. The molecule has 0 fully saturated rings. The smallest absolute Gasteiger partial charge is 0.257 e. The summed E-state index contributed by atoms with van der Waals surface area (Å²) in [6.07, 6.45) is 2.20. The van der Waals surface area contributed by atoms with Gasteiger partial charge in [-0.05, 0) is 19.3 Å². The van der Waals surface area contributed by atoms with Crippen molar-refractivity contribution in [1.29, 1.82) is 0 Å². The maximum absolute atomic E-state index is 9.80. The van der Waals surface area contributed by atoms with E-state index in [2.05, 4.69) is 4.18 Å². The fraction of sp³-hybridized carbons (Fsp3) is 1.00. The average Bonchev–Trinajstić information content (AvgIpc) is 1.87. The lowest BCUT2D eigenvalue weighted by atomic mass is 10.2. The van der Waals surface area contributed by atoms with E-state index >= 15 is 0 Å². The molecule has 0 aromatic carbocycles. The number of hydrogen-bond acceptors (Lipinski definition) is 4. The van der Waals surface area contributed by atoms with E-state index in [4.69, 9.17) is 5.11 Å². The van der Waals surface area contributed by atoms with Crippen LogP contribution < -0.4 is 0 Å². The Morgan fingerprint density at radius 2 is 1.90 bits per heavy atom. The van der Waals surface area contributed by atoms with Gasteiger partial charge in [0, 0.05) is 6.61 Å². The van der Waals surface area contributed by atoms with E-state index in [0.717, 1.165) is 6.42 Å². The predicted molar refractivity (Wildman–Crippen MR) is 37.2 cm³/mol. The monoisotopic (exact) mass is 168 g/mol. The van der Waals surface area contributed by atoms with Crippen molar-refractivity contribution in [3.05, 3.63) is 0 Å². The van der Waals surface area contributed by atoms with Crippen LogP contribution in [0.25, 0.3) is 0 Å². The molecule has 0 spiro atoms. The molecular weight excluding hydrogens is 156 g/mol. The van der Waals surface area contributed by atoms with Crippen molar-refractivity contribution in [2.45, 2.75) is 19.3 Å². The molecule has 0 aromatic heterocycles. The minimum atomic E-state index is -2.68. The van der Waals surface area contributed by atoms with Crippen LogP contribution in [-0.4, -0.2) is 26.7 Å². The molecule has 0 saturated heterocycles. The Morgan fingerprint density at radius 3 is 2.40 bits per heavy atom. The molecule has 1 N–H and O–H groups in total. The number of aliphatic hydroxyl groups excluding tert-OH is 1. The van der Waals surface area contributed by atoms with E-state index in [1.165, 1.54) is 0 Å². The molecule has 5 heteroatoms. The highest BCUT2D eigenvalue weighted by Gasteiger charge is 1.88. The molecule has 0 aliphatic carbocycles. The second-order valence-corrected chi connectivity index (χ2v) is 2.55. The van der Waals surface area contributed by atoms with Crippen molar-refractivity contribution in [3.8, 4) is 0 Å². The molecule has 0 atom stereocenters. The Balaban J connectivity index is 2.91. The van der Waals surface area contributed by atoms with Crippen LogP contribution >= 0.6 is 0 Å². The van der Waals surface area contributed by atoms with Crippen LogP contribution in [0.15, 0.2) is 0 Å². The van der Waals surface area contributed by atoms with Crippen molar-refractivity contribution in [1.82, 2.24) is 0 Å². The number of thiol groups is 1. The van der Waals surface area contributed by atoms with Crippen LogP contribution in [0.4, 0.5) is 0 Å². The Bertz CT molecular complexity index is 124. The van der Waals surface area contributed by atoms with Gasteiger partial charge in [-0.1, -0.05) is 0 Å². The highest BCUT2D eigenvalue weighted by molar-refractivity contribution is 7.67. The Hall–Kier alpha value is -0.130. The van der Waals surface area contributed by atoms with Crippen LogP contribution in [0.3, 0.4) is 0 Å². The van der Waals surface area contributed by atoms with Gasteiger partial charge < -0.3 is 5.11 Å². The third kappa shape index (κ3) is 7.87. The summed E-state index contributed by atoms with van der Waals surface area (Å²) in [6.45, 7) is 0.391. The molecule has 0 radical (unpaired) electrons. The Labute approximate surface area is 62.0 Å². The largest absolute Gasteiger partial charge is 0.396 e.